The lowest BCUT2D eigenvalue weighted by Gasteiger charge is -1.88. The zero-order valence-corrected chi connectivity index (χ0v) is 4.74. The number of hydrogen-bond acceptors (Lipinski definition) is 3. The Balaban J connectivity index is 3.10. The molecule has 0 saturated carbocycles. The van der Waals surface area contributed by atoms with Gasteiger partial charge >= 0.3 is 5.97 Å². The quantitative estimate of drug-likeness (QED) is 0.436. The van der Waals surface area contributed by atoms with Gasteiger partial charge in [0.15, 0.2) is 0 Å². The molecule has 0 amide bonds. The first-order valence-corrected chi connectivity index (χ1v) is 2.46. The highest BCUT2D eigenvalue weighted by molar-refractivity contribution is 5.66. The van der Waals surface area contributed by atoms with Gasteiger partial charge in [0.2, 0.25) is 6.54 Å². The predicted molar refractivity (Wildman–Crippen MR) is 28.7 cm³/mol. The third-order valence-corrected chi connectivity index (χ3v) is 0.731. The van der Waals surface area contributed by atoms with E-state index < -0.39 is 10.9 Å². The molecule has 0 fully saturated rings. The van der Waals surface area contributed by atoms with Gasteiger partial charge in [-0.1, -0.05) is 0 Å². The van der Waals surface area contributed by atoms with Crippen LogP contribution in [0.4, 0.5) is 0 Å². The maximum absolute atomic E-state index is 9.76. The second-order valence-electron chi connectivity index (χ2n) is 1.55. The normalized spacial score (nSPS) is 8.89. The summed E-state index contributed by atoms with van der Waals surface area (Å²) in [5.74, 6) is -0.989. The van der Waals surface area contributed by atoms with E-state index in [4.69, 9.17) is 5.11 Å². The summed E-state index contributed by atoms with van der Waals surface area (Å²) in [5.41, 5.74) is 0. The summed E-state index contributed by atoms with van der Waals surface area (Å²) in [6.45, 7) is -0.258. The minimum Gasteiger partial charge on any atom is -0.481 e. The maximum atomic E-state index is 9.76. The molecule has 52 valence electrons. The van der Waals surface area contributed by atoms with Crippen molar-refractivity contribution in [2.24, 2.45) is 0 Å². The van der Waals surface area contributed by atoms with Crippen molar-refractivity contribution < 1.29 is 14.8 Å². The first-order chi connectivity index (χ1) is 4.13. The third-order valence-electron chi connectivity index (χ3n) is 0.731. The van der Waals surface area contributed by atoms with Crippen molar-refractivity contribution in [1.82, 2.24) is 0 Å². The number of nitrogens with zero attached hydrogens (tertiary/aromatic N) is 1. The van der Waals surface area contributed by atoms with E-state index in [0.717, 1.165) is 0 Å². The van der Waals surface area contributed by atoms with Gasteiger partial charge in [-0.05, 0) is 0 Å². The second-order valence-corrected chi connectivity index (χ2v) is 1.55. The van der Waals surface area contributed by atoms with Gasteiger partial charge in [0.1, 0.15) is 0 Å². The molecule has 0 aromatic heterocycles. The van der Waals surface area contributed by atoms with Crippen LogP contribution in [0.15, 0.2) is 0 Å². The topological polar surface area (TPSA) is 80.4 Å². The van der Waals surface area contributed by atoms with Gasteiger partial charge in [-0.2, -0.15) is 0 Å². The fourth-order valence-electron chi connectivity index (χ4n) is 0.359. The Hall–Kier alpha value is -1.13. The van der Waals surface area contributed by atoms with Crippen LogP contribution in [0.5, 0.6) is 0 Å². The minimum absolute atomic E-state index is 0.113. The fourth-order valence-corrected chi connectivity index (χ4v) is 0.359. The molecule has 0 bridgehead atoms. The molecule has 1 N–H and O–H groups in total. The molecule has 0 rings (SSSR count). The standard InChI is InChI=1S/C4H7NO4/c6-4(7)2-1-3-5(8)9/h1-3H2,(H,6,7). The largest absolute Gasteiger partial charge is 0.481 e. The smallest absolute Gasteiger partial charge is 0.303 e. The van der Waals surface area contributed by atoms with E-state index in [1.54, 1.807) is 0 Å². The van der Waals surface area contributed by atoms with Gasteiger partial charge in [-0.3, -0.25) is 14.9 Å². The highest BCUT2D eigenvalue weighted by Gasteiger charge is 2.00. The highest BCUT2D eigenvalue weighted by Crippen LogP contribution is 1.87. The summed E-state index contributed by atoms with van der Waals surface area (Å²) in [5, 5.41) is 17.6. The number of aliphatic carboxylic acids is 1. The second kappa shape index (κ2) is 3.82. The molecule has 0 aromatic rings. The van der Waals surface area contributed by atoms with Gasteiger partial charge < -0.3 is 5.11 Å². The molecule has 0 heterocycles. The highest BCUT2D eigenvalue weighted by atomic mass is 16.6. The summed E-state index contributed by atoms with van der Waals surface area (Å²) >= 11 is 0. The summed E-state index contributed by atoms with van der Waals surface area (Å²) < 4.78 is 0. The van der Waals surface area contributed by atoms with Crippen molar-refractivity contribution in [1.29, 1.82) is 0 Å². The molecule has 9 heavy (non-hydrogen) atoms. The van der Waals surface area contributed by atoms with Crippen molar-refractivity contribution in [2.75, 3.05) is 6.54 Å². The fraction of sp³-hybridized carbons (Fsp3) is 0.750. The molecule has 5 nitrogen and oxygen atoms in total. The zero-order valence-electron chi connectivity index (χ0n) is 4.74. The molecule has 0 aliphatic carbocycles. The van der Waals surface area contributed by atoms with Crippen LogP contribution >= 0.6 is 0 Å². The zero-order chi connectivity index (χ0) is 7.28. The van der Waals surface area contributed by atoms with E-state index in [2.05, 4.69) is 0 Å². The average Bonchev–Trinajstić information content (AvgIpc) is 1.63. The SMILES string of the molecule is O=C(O)CCC[N+](=O)[O-]. The Morgan fingerprint density at radius 3 is 2.56 bits per heavy atom. The van der Waals surface area contributed by atoms with Crippen molar-refractivity contribution in [3.05, 3.63) is 10.1 Å². The first kappa shape index (κ1) is 7.87. The summed E-state index contributed by atoms with van der Waals surface area (Å²) in [6, 6.07) is 0. The Labute approximate surface area is 51.4 Å². The van der Waals surface area contributed by atoms with Crippen LogP contribution in [0.2, 0.25) is 0 Å². The molecular weight excluding hydrogens is 126 g/mol. The van der Waals surface area contributed by atoms with Crippen LogP contribution in [0.1, 0.15) is 12.8 Å². The van der Waals surface area contributed by atoms with Crippen LogP contribution in [0.25, 0.3) is 0 Å². The van der Waals surface area contributed by atoms with E-state index in [9.17, 15) is 14.9 Å². The van der Waals surface area contributed by atoms with Crippen LogP contribution in [-0.2, 0) is 4.79 Å². The van der Waals surface area contributed by atoms with Crippen LogP contribution in [0.3, 0.4) is 0 Å². The average molecular weight is 133 g/mol. The van der Waals surface area contributed by atoms with Gasteiger partial charge in [0.05, 0.1) is 6.42 Å². The maximum Gasteiger partial charge on any atom is 0.303 e. The molecule has 0 atom stereocenters. The molecule has 0 unspecified atom stereocenters. The molecule has 5 heteroatoms. The predicted octanol–water partition coefficient (Wildman–Crippen LogP) is 0.128. The first-order valence-electron chi connectivity index (χ1n) is 2.46. The lowest BCUT2D eigenvalue weighted by Crippen LogP contribution is -2.03. The molecular formula is C4H7NO4. The summed E-state index contributed by atoms with van der Waals surface area (Å²) in [7, 11) is 0. The number of carbonyl (C=O) groups is 1. The van der Waals surface area contributed by atoms with E-state index in [-0.39, 0.29) is 19.4 Å². The Morgan fingerprint density at radius 2 is 2.22 bits per heavy atom. The minimum atomic E-state index is -0.989. The number of rotatable bonds is 4. The van der Waals surface area contributed by atoms with Gasteiger partial charge in [-0.25, -0.2) is 0 Å². The lowest BCUT2D eigenvalue weighted by molar-refractivity contribution is -0.480. The van der Waals surface area contributed by atoms with E-state index in [0.29, 0.717) is 0 Å². The van der Waals surface area contributed by atoms with E-state index >= 15 is 0 Å². The molecule has 0 aliphatic rings. The van der Waals surface area contributed by atoms with Crippen LogP contribution in [0, 0.1) is 10.1 Å². The molecule has 0 saturated heterocycles. The van der Waals surface area contributed by atoms with Gasteiger partial charge in [-0.15, -0.1) is 0 Å². The summed E-state index contributed by atoms with van der Waals surface area (Å²) in [6.07, 6.45) is -0.0106. The van der Waals surface area contributed by atoms with Crippen molar-refractivity contribution in [3.8, 4) is 0 Å². The Kier molecular flexibility index (Phi) is 3.34. The Morgan fingerprint density at radius 1 is 1.67 bits per heavy atom. The van der Waals surface area contributed by atoms with Crippen molar-refractivity contribution >= 4 is 5.97 Å². The Bertz CT molecular complexity index is 108. The summed E-state index contributed by atoms with van der Waals surface area (Å²) in [4.78, 5) is 18.8. The monoisotopic (exact) mass is 133 g/mol. The molecule has 0 aliphatic heterocycles. The van der Waals surface area contributed by atoms with E-state index in [1.807, 2.05) is 0 Å². The van der Waals surface area contributed by atoms with E-state index in [1.165, 1.54) is 0 Å². The number of carboxylic acid groups (broad SMARTS) is 1. The van der Waals surface area contributed by atoms with Gasteiger partial charge in [0, 0.05) is 11.3 Å². The third kappa shape index (κ3) is 6.87. The number of hydrogen-bond donors (Lipinski definition) is 1. The van der Waals surface area contributed by atoms with Gasteiger partial charge in [0.25, 0.3) is 0 Å². The molecule has 0 radical (unpaired) electrons. The van der Waals surface area contributed by atoms with Crippen LogP contribution in [-0.4, -0.2) is 22.5 Å². The lowest BCUT2D eigenvalue weighted by atomic mass is 10.3. The van der Waals surface area contributed by atoms with Crippen molar-refractivity contribution in [3.63, 3.8) is 0 Å². The molecule has 0 spiro atoms. The number of carboxylic acids is 1. The van der Waals surface area contributed by atoms with Crippen molar-refractivity contribution in [2.45, 2.75) is 12.8 Å². The van der Waals surface area contributed by atoms with Crippen LogP contribution < -0.4 is 0 Å². The molecule has 0 aromatic carbocycles. The number of nitro groups is 1.